The molecule has 22 heavy (non-hydrogen) atoms. The van der Waals surface area contributed by atoms with E-state index in [2.05, 4.69) is 4.98 Å². The molecular weight excluding hydrogens is 322 g/mol. The van der Waals surface area contributed by atoms with Crippen molar-refractivity contribution in [1.29, 1.82) is 0 Å². The number of carbonyl (C=O) groups excluding carboxylic acids is 1. The fourth-order valence-electron chi connectivity index (χ4n) is 2.53. The van der Waals surface area contributed by atoms with Crippen molar-refractivity contribution in [2.75, 3.05) is 13.1 Å². The molecule has 1 aliphatic rings. The Morgan fingerprint density at radius 3 is 3.00 bits per heavy atom. The summed E-state index contributed by atoms with van der Waals surface area (Å²) in [6.45, 7) is 1.74. The van der Waals surface area contributed by atoms with Gasteiger partial charge in [0.05, 0.1) is 5.01 Å². The van der Waals surface area contributed by atoms with E-state index in [1.165, 1.54) is 16.9 Å². The highest BCUT2D eigenvalue weighted by Gasteiger charge is 2.23. The smallest absolute Gasteiger partial charge is 0.273 e. The Hall–Kier alpha value is -1.63. The largest absolute Gasteiger partial charge is 0.508 e. The van der Waals surface area contributed by atoms with Crippen LogP contribution in [-0.4, -0.2) is 34.0 Å². The maximum absolute atomic E-state index is 12.5. The predicted molar refractivity (Wildman–Crippen MR) is 88.7 cm³/mol. The molecule has 0 atom stereocenters. The zero-order valence-corrected chi connectivity index (χ0v) is 13.6. The summed E-state index contributed by atoms with van der Waals surface area (Å²) in [4.78, 5) is 18.6. The maximum atomic E-state index is 12.5. The Morgan fingerprint density at radius 1 is 1.41 bits per heavy atom. The molecule has 5 nitrogen and oxygen atoms in total. The number of thiazole rings is 1. The van der Waals surface area contributed by atoms with Gasteiger partial charge in [0.2, 0.25) is 0 Å². The van der Waals surface area contributed by atoms with Crippen molar-refractivity contribution in [3.05, 3.63) is 45.4 Å². The van der Waals surface area contributed by atoms with Crippen LogP contribution < -0.4 is 5.73 Å². The zero-order chi connectivity index (χ0) is 14.8. The van der Waals surface area contributed by atoms with Crippen LogP contribution in [0.5, 0.6) is 5.75 Å². The van der Waals surface area contributed by atoms with E-state index in [4.69, 9.17) is 5.73 Å². The van der Waals surface area contributed by atoms with Gasteiger partial charge in [-0.25, -0.2) is 4.98 Å². The van der Waals surface area contributed by atoms with Gasteiger partial charge in [0.1, 0.15) is 11.4 Å². The van der Waals surface area contributed by atoms with Crippen molar-refractivity contribution in [3.8, 4) is 5.75 Å². The number of rotatable bonds is 3. The normalized spacial score (nSPS) is 13.4. The molecule has 3 N–H and O–H groups in total. The molecular formula is C15H18ClN3O2S. The van der Waals surface area contributed by atoms with E-state index in [1.54, 1.807) is 22.4 Å². The highest BCUT2D eigenvalue weighted by atomic mass is 35.5. The van der Waals surface area contributed by atoms with E-state index in [0.717, 1.165) is 17.0 Å². The first-order valence-electron chi connectivity index (χ1n) is 6.92. The van der Waals surface area contributed by atoms with Crippen LogP contribution in [0.4, 0.5) is 0 Å². The molecule has 1 aromatic heterocycles. The van der Waals surface area contributed by atoms with Crippen molar-refractivity contribution in [1.82, 2.24) is 9.88 Å². The Bertz CT molecular complexity index is 675. The maximum Gasteiger partial charge on any atom is 0.273 e. The van der Waals surface area contributed by atoms with Gasteiger partial charge in [-0.05, 0) is 36.2 Å². The van der Waals surface area contributed by atoms with Gasteiger partial charge < -0.3 is 15.7 Å². The summed E-state index contributed by atoms with van der Waals surface area (Å²) in [7, 11) is 0. The Labute approximate surface area is 139 Å². The number of nitrogens with two attached hydrogens (primary N) is 1. The standard InChI is InChI=1S/C15H17N3O2S.ClH/c16-5-3-14-17-13(9-21-14)15(20)18-6-4-10-1-2-12(19)7-11(10)8-18;/h1-2,7,9,19H,3-6,8,16H2;1H. The number of carbonyl (C=O) groups is 1. The van der Waals surface area contributed by atoms with Crippen molar-refractivity contribution in [2.24, 2.45) is 5.73 Å². The first kappa shape index (κ1) is 16.7. The molecule has 0 fully saturated rings. The van der Waals surface area contributed by atoms with Crippen molar-refractivity contribution < 1.29 is 9.90 Å². The van der Waals surface area contributed by atoms with Crippen LogP contribution in [0.1, 0.15) is 26.6 Å². The molecule has 0 bridgehead atoms. The van der Waals surface area contributed by atoms with Crippen LogP contribution in [0, 0.1) is 0 Å². The topological polar surface area (TPSA) is 79.5 Å². The van der Waals surface area contributed by atoms with Gasteiger partial charge in [0.25, 0.3) is 5.91 Å². The Morgan fingerprint density at radius 2 is 2.23 bits per heavy atom. The van der Waals surface area contributed by atoms with E-state index in [9.17, 15) is 9.90 Å². The lowest BCUT2D eigenvalue weighted by molar-refractivity contribution is 0.0729. The predicted octanol–water partition coefficient (Wildman–Crippen LogP) is 1.97. The van der Waals surface area contributed by atoms with E-state index in [-0.39, 0.29) is 24.1 Å². The van der Waals surface area contributed by atoms with Gasteiger partial charge in [-0.15, -0.1) is 23.7 Å². The summed E-state index contributed by atoms with van der Waals surface area (Å²) in [5, 5.41) is 12.3. The van der Waals surface area contributed by atoms with Gasteiger partial charge in [-0.3, -0.25) is 4.79 Å². The second-order valence-electron chi connectivity index (χ2n) is 5.09. The number of benzene rings is 1. The van der Waals surface area contributed by atoms with Gasteiger partial charge in [0, 0.05) is 24.9 Å². The van der Waals surface area contributed by atoms with Gasteiger partial charge in [0.15, 0.2) is 0 Å². The lowest BCUT2D eigenvalue weighted by Gasteiger charge is -2.28. The highest BCUT2D eigenvalue weighted by Crippen LogP contribution is 2.24. The average Bonchev–Trinajstić information content (AvgIpc) is 2.94. The molecule has 7 heteroatoms. The fourth-order valence-corrected chi connectivity index (χ4v) is 3.31. The molecule has 0 spiro atoms. The van der Waals surface area contributed by atoms with Crippen molar-refractivity contribution in [3.63, 3.8) is 0 Å². The molecule has 0 unspecified atom stereocenters. The number of aromatic hydroxyl groups is 1. The molecule has 1 amide bonds. The number of halogens is 1. The SMILES string of the molecule is Cl.NCCc1nc(C(=O)N2CCc3ccc(O)cc3C2)cs1. The molecule has 1 aliphatic heterocycles. The number of fused-ring (bicyclic) bond motifs is 1. The number of phenolic OH excluding ortho intramolecular Hbond substituents is 1. The molecule has 0 aliphatic carbocycles. The number of hydrogen-bond donors (Lipinski definition) is 2. The molecule has 1 aromatic carbocycles. The third-order valence-corrected chi connectivity index (χ3v) is 4.53. The second kappa shape index (κ2) is 7.09. The minimum Gasteiger partial charge on any atom is -0.508 e. The van der Waals surface area contributed by atoms with Crippen LogP contribution in [0.25, 0.3) is 0 Å². The quantitative estimate of drug-likeness (QED) is 0.896. The average molecular weight is 340 g/mol. The molecule has 0 radical (unpaired) electrons. The van der Waals surface area contributed by atoms with Crippen LogP contribution in [0.3, 0.4) is 0 Å². The second-order valence-corrected chi connectivity index (χ2v) is 6.04. The zero-order valence-electron chi connectivity index (χ0n) is 12.0. The third-order valence-electron chi connectivity index (χ3n) is 3.62. The fraction of sp³-hybridized carbons (Fsp3) is 0.333. The molecule has 3 rings (SSSR count). The molecule has 2 heterocycles. The summed E-state index contributed by atoms with van der Waals surface area (Å²) < 4.78 is 0. The van der Waals surface area contributed by atoms with Crippen LogP contribution in [0.15, 0.2) is 23.6 Å². The summed E-state index contributed by atoms with van der Waals surface area (Å²) in [5.74, 6) is 0.186. The van der Waals surface area contributed by atoms with E-state index in [1.807, 2.05) is 6.07 Å². The van der Waals surface area contributed by atoms with E-state index < -0.39 is 0 Å². The van der Waals surface area contributed by atoms with Crippen molar-refractivity contribution in [2.45, 2.75) is 19.4 Å². The first-order valence-corrected chi connectivity index (χ1v) is 7.80. The van der Waals surface area contributed by atoms with E-state index in [0.29, 0.717) is 31.7 Å². The minimum atomic E-state index is -0.0523. The molecule has 118 valence electrons. The highest BCUT2D eigenvalue weighted by molar-refractivity contribution is 7.09. The van der Waals surface area contributed by atoms with Crippen LogP contribution in [-0.2, 0) is 19.4 Å². The summed E-state index contributed by atoms with van der Waals surface area (Å²) in [6, 6.07) is 5.35. The van der Waals surface area contributed by atoms with Crippen molar-refractivity contribution >= 4 is 29.7 Å². The Balaban J connectivity index is 0.00000176. The van der Waals surface area contributed by atoms with Gasteiger partial charge in [-0.2, -0.15) is 0 Å². The lowest BCUT2D eigenvalue weighted by atomic mass is 9.99. The third kappa shape index (κ3) is 3.40. The van der Waals surface area contributed by atoms with Crippen LogP contribution in [0.2, 0.25) is 0 Å². The number of phenols is 1. The number of nitrogens with zero attached hydrogens (tertiary/aromatic N) is 2. The van der Waals surface area contributed by atoms with Gasteiger partial charge >= 0.3 is 0 Å². The van der Waals surface area contributed by atoms with E-state index >= 15 is 0 Å². The van der Waals surface area contributed by atoms with Crippen LogP contribution >= 0.6 is 23.7 Å². The number of aromatic nitrogens is 1. The number of amides is 1. The Kier molecular flexibility index (Phi) is 5.39. The summed E-state index contributed by atoms with van der Waals surface area (Å²) in [5.41, 5.74) is 8.20. The monoisotopic (exact) mass is 339 g/mol. The first-order chi connectivity index (χ1) is 10.2. The lowest BCUT2D eigenvalue weighted by Crippen LogP contribution is -2.36. The minimum absolute atomic E-state index is 0. The molecule has 0 saturated carbocycles. The van der Waals surface area contributed by atoms with Gasteiger partial charge in [-0.1, -0.05) is 6.07 Å². The summed E-state index contributed by atoms with van der Waals surface area (Å²) in [6.07, 6.45) is 1.51. The number of hydrogen-bond acceptors (Lipinski definition) is 5. The molecule has 0 saturated heterocycles. The summed E-state index contributed by atoms with van der Waals surface area (Å²) >= 11 is 1.48. The molecule has 2 aromatic rings.